The first-order valence-corrected chi connectivity index (χ1v) is 7.80. The Bertz CT molecular complexity index is 509. The van der Waals surface area contributed by atoms with E-state index in [1.165, 1.54) is 6.26 Å². The number of hydrogen-bond acceptors (Lipinski definition) is 5. The molecule has 0 aromatic carbocycles. The van der Waals surface area contributed by atoms with Crippen LogP contribution in [0.1, 0.15) is 29.9 Å². The third-order valence-electron chi connectivity index (χ3n) is 2.86. The second-order valence-corrected chi connectivity index (χ2v) is 6.58. The minimum Gasteiger partial charge on any atom is -0.373 e. The monoisotopic (exact) mass is 255 g/mol. The molecule has 0 fully saturated rings. The normalized spacial score (nSPS) is 15.4. The second-order valence-electron chi connectivity index (χ2n) is 4.44. The van der Waals surface area contributed by atoms with Gasteiger partial charge in [0.15, 0.2) is 9.84 Å². The van der Waals surface area contributed by atoms with Crippen molar-refractivity contribution in [2.45, 2.75) is 31.4 Å². The summed E-state index contributed by atoms with van der Waals surface area (Å²) >= 11 is 0. The zero-order valence-corrected chi connectivity index (χ0v) is 11.0. The third-order valence-corrected chi connectivity index (χ3v) is 3.64. The van der Waals surface area contributed by atoms with E-state index in [2.05, 4.69) is 15.3 Å². The van der Waals surface area contributed by atoms with Crippen molar-refractivity contribution in [1.29, 1.82) is 0 Å². The van der Waals surface area contributed by atoms with Gasteiger partial charge >= 0.3 is 0 Å². The predicted octanol–water partition coefficient (Wildman–Crippen LogP) is 0.942. The zero-order chi connectivity index (χ0) is 12.5. The lowest BCUT2D eigenvalue weighted by molar-refractivity contribution is 0.598. The van der Waals surface area contributed by atoms with Crippen LogP contribution in [-0.2, 0) is 28.4 Å². The summed E-state index contributed by atoms with van der Waals surface area (Å²) in [6.45, 7) is 0. The molecule has 5 nitrogen and oxygen atoms in total. The Labute approximate surface area is 102 Å². The van der Waals surface area contributed by atoms with Gasteiger partial charge in [0.2, 0.25) is 0 Å². The molecule has 0 saturated carbocycles. The quantitative estimate of drug-likeness (QED) is 0.870. The van der Waals surface area contributed by atoms with Crippen molar-refractivity contribution in [1.82, 2.24) is 9.97 Å². The average Bonchev–Trinajstić information content (AvgIpc) is 2.25. The maximum Gasteiger partial charge on any atom is 0.154 e. The maximum absolute atomic E-state index is 11.3. The average molecular weight is 255 g/mol. The summed E-state index contributed by atoms with van der Waals surface area (Å²) in [5, 5.41) is 3.04. The van der Waals surface area contributed by atoms with Crippen LogP contribution in [0, 0.1) is 0 Å². The molecule has 0 saturated heterocycles. The first-order chi connectivity index (χ1) is 7.99. The van der Waals surface area contributed by atoms with Crippen LogP contribution in [0.25, 0.3) is 0 Å². The molecule has 0 unspecified atom stereocenters. The molecule has 1 aromatic rings. The van der Waals surface area contributed by atoms with E-state index in [1.54, 1.807) is 7.05 Å². The highest BCUT2D eigenvalue weighted by molar-refractivity contribution is 7.89. The van der Waals surface area contributed by atoms with Gasteiger partial charge in [0.05, 0.1) is 0 Å². The van der Waals surface area contributed by atoms with Crippen LogP contribution in [0.15, 0.2) is 0 Å². The van der Waals surface area contributed by atoms with Gasteiger partial charge in [0.25, 0.3) is 0 Å². The van der Waals surface area contributed by atoms with E-state index in [-0.39, 0.29) is 5.75 Å². The first-order valence-electron chi connectivity index (χ1n) is 5.74. The van der Waals surface area contributed by atoms with Crippen LogP contribution in [-0.4, -0.2) is 31.7 Å². The van der Waals surface area contributed by atoms with Crippen molar-refractivity contribution in [2.75, 3.05) is 18.6 Å². The number of aryl methyl sites for hydroxylation is 1. The van der Waals surface area contributed by atoms with Crippen LogP contribution in [0.3, 0.4) is 0 Å². The van der Waals surface area contributed by atoms with Gasteiger partial charge in [0, 0.05) is 24.6 Å². The van der Waals surface area contributed by atoms with E-state index in [9.17, 15) is 8.42 Å². The van der Waals surface area contributed by atoms with Gasteiger partial charge in [-0.05, 0) is 25.7 Å². The van der Waals surface area contributed by atoms with Gasteiger partial charge in [-0.1, -0.05) is 0 Å². The van der Waals surface area contributed by atoms with Gasteiger partial charge in [0.1, 0.15) is 17.4 Å². The molecule has 1 aliphatic carbocycles. The molecule has 0 bridgehead atoms. The summed E-state index contributed by atoms with van der Waals surface area (Å²) in [4.78, 5) is 8.67. The number of fused-ring (bicyclic) bond motifs is 1. The number of rotatable bonds is 3. The molecule has 1 aromatic heterocycles. The number of anilines is 1. The highest BCUT2D eigenvalue weighted by Gasteiger charge is 2.18. The molecule has 1 aliphatic rings. The van der Waals surface area contributed by atoms with Crippen molar-refractivity contribution in [2.24, 2.45) is 0 Å². The Kier molecular flexibility index (Phi) is 3.33. The molecule has 17 heavy (non-hydrogen) atoms. The van der Waals surface area contributed by atoms with Crippen LogP contribution >= 0.6 is 0 Å². The minimum absolute atomic E-state index is 0.0883. The van der Waals surface area contributed by atoms with Crippen molar-refractivity contribution < 1.29 is 8.42 Å². The Morgan fingerprint density at radius 2 is 1.94 bits per heavy atom. The smallest absolute Gasteiger partial charge is 0.154 e. The molecule has 2 rings (SSSR count). The zero-order valence-electron chi connectivity index (χ0n) is 10.2. The Balaban J connectivity index is 2.42. The van der Waals surface area contributed by atoms with Gasteiger partial charge in [-0.25, -0.2) is 18.4 Å². The van der Waals surface area contributed by atoms with Gasteiger partial charge in [-0.2, -0.15) is 0 Å². The van der Waals surface area contributed by atoms with Gasteiger partial charge < -0.3 is 5.32 Å². The Morgan fingerprint density at radius 3 is 2.59 bits per heavy atom. The lowest BCUT2D eigenvalue weighted by Crippen LogP contribution is -2.15. The topological polar surface area (TPSA) is 72.0 Å². The van der Waals surface area contributed by atoms with Crippen LogP contribution in [0.4, 0.5) is 5.82 Å². The Hall–Kier alpha value is -1.17. The molecular formula is C11H17N3O2S. The van der Waals surface area contributed by atoms with E-state index < -0.39 is 9.84 Å². The van der Waals surface area contributed by atoms with E-state index in [1.807, 2.05) is 0 Å². The van der Waals surface area contributed by atoms with Crippen molar-refractivity contribution in [3.05, 3.63) is 17.1 Å². The highest BCUT2D eigenvalue weighted by Crippen LogP contribution is 2.25. The van der Waals surface area contributed by atoms with E-state index >= 15 is 0 Å². The van der Waals surface area contributed by atoms with Crippen LogP contribution in [0.5, 0.6) is 0 Å². The SMILES string of the molecule is CNc1nc(CS(C)(=O)=O)nc2c1CCCC2. The molecule has 0 radical (unpaired) electrons. The summed E-state index contributed by atoms with van der Waals surface area (Å²) in [6.07, 6.45) is 5.37. The summed E-state index contributed by atoms with van der Waals surface area (Å²) < 4.78 is 22.5. The fourth-order valence-corrected chi connectivity index (χ4v) is 2.75. The maximum atomic E-state index is 11.3. The van der Waals surface area contributed by atoms with E-state index in [4.69, 9.17) is 0 Å². The lowest BCUT2D eigenvalue weighted by atomic mass is 9.96. The number of nitrogens with zero attached hydrogens (tertiary/aromatic N) is 2. The van der Waals surface area contributed by atoms with Gasteiger partial charge in [-0.15, -0.1) is 0 Å². The molecular weight excluding hydrogens is 238 g/mol. The molecule has 0 spiro atoms. The molecule has 6 heteroatoms. The van der Waals surface area contributed by atoms with Crippen LogP contribution in [0.2, 0.25) is 0 Å². The van der Waals surface area contributed by atoms with Gasteiger partial charge in [-0.3, -0.25) is 0 Å². The van der Waals surface area contributed by atoms with Crippen molar-refractivity contribution in [3.8, 4) is 0 Å². The van der Waals surface area contributed by atoms with Crippen LogP contribution < -0.4 is 5.32 Å². The number of sulfone groups is 1. The fraction of sp³-hybridized carbons (Fsp3) is 0.636. The summed E-state index contributed by atoms with van der Waals surface area (Å²) in [7, 11) is -1.27. The third kappa shape index (κ3) is 2.94. The van der Waals surface area contributed by atoms with Crippen molar-refractivity contribution in [3.63, 3.8) is 0 Å². The second kappa shape index (κ2) is 4.60. The largest absolute Gasteiger partial charge is 0.373 e. The fourth-order valence-electron chi connectivity index (χ4n) is 2.15. The standard InChI is InChI=1S/C11H17N3O2S/c1-12-11-8-5-3-4-6-9(8)13-10(14-11)7-17(2,15)16/h3-7H2,1-2H3,(H,12,13,14). The number of hydrogen-bond donors (Lipinski definition) is 1. The molecule has 1 heterocycles. The number of nitrogens with one attached hydrogen (secondary N) is 1. The first kappa shape index (κ1) is 12.3. The minimum atomic E-state index is -3.08. The Morgan fingerprint density at radius 1 is 1.24 bits per heavy atom. The molecule has 0 aliphatic heterocycles. The molecule has 94 valence electrons. The lowest BCUT2D eigenvalue weighted by Gasteiger charge is -2.18. The van der Waals surface area contributed by atoms with E-state index in [0.29, 0.717) is 5.82 Å². The molecule has 1 N–H and O–H groups in total. The summed E-state index contributed by atoms with van der Waals surface area (Å²) in [5.74, 6) is 1.10. The predicted molar refractivity (Wildman–Crippen MR) is 66.8 cm³/mol. The summed E-state index contributed by atoms with van der Waals surface area (Å²) in [5.41, 5.74) is 2.16. The highest BCUT2D eigenvalue weighted by atomic mass is 32.2. The molecule has 0 amide bonds. The molecule has 0 atom stereocenters. The van der Waals surface area contributed by atoms with E-state index in [0.717, 1.165) is 42.8 Å². The number of aromatic nitrogens is 2. The summed E-state index contributed by atoms with van der Waals surface area (Å²) in [6, 6.07) is 0. The van der Waals surface area contributed by atoms with Crippen molar-refractivity contribution >= 4 is 15.7 Å².